The number of hydrogen-bond acceptors (Lipinski definition) is 5. The van der Waals surface area contributed by atoms with Gasteiger partial charge in [-0.2, -0.15) is 0 Å². The van der Waals surface area contributed by atoms with E-state index in [1.807, 2.05) is 17.5 Å². The van der Waals surface area contributed by atoms with E-state index in [2.05, 4.69) is 14.7 Å². The second kappa shape index (κ2) is 4.91. The van der Waals surface area contributed by atoms with Gasteiger partial charge < -0.3 is 0 Å². The smallest absolute Gasteiger partial charge is 0.209 e. The van der Waals surface area contributed by atoms with Gasteiger partial charge >= 0.3 is 0 Å². The zero-order chi connectivity index (χ0) is 12.3. The van der Waals surface area contributed by atoms with Crippen LogP contribution in [0.3, 0.4) is 0 Å². The molecule has 0 radical (unpaired) electrons. The van der Waals surface area contributed by atoms with Crippen LogP contribution >= 0.6 is 11.3 Å². The molecule has 2 aromatic rings. The monoisotopic (exact) mass is 269 g/mol. The van der Waals surface area contributed by atoms with Crippen LogP contribution in [0.2, 0.25) is 0 Å². The fourth-order valence-electron chi connectivity index (χ4n) is 1.24. The van der Waals surface area contributed by atoms with Crippen molar-refractivity contribution in [2.75, 3.05) is 6.26 Å². The molecule has 7 heteroatoms. The van der Waals surface area contributed by atoms with E-state index >= 15 is 0 Å². The molecule has 0 saturated carbocycles. The van der Waals surface area contributed by atoms with Crippen LogP contribution < -0.4 is 4.72 Å². The Hall–Kier alpha value is -1.31. The van der Waals surface area contributed by atoms with Crippen LogP contribution in [0.15, 0.2) is 29.9 Å². The predicted octanol–water partition coefficient (Wildman–Crippen LogP) is 1.25. The summed E-state index contributed by atoms with van der Waals surface area (Å²) in [6, 6.07) is 3.73. The molecule has 5 nitrogen and oxygen atoms in total. The Balaban J connectivity index is 2.12. The van der Waals surface area contributed by atoms with Crippen LogP contribution in [-0.2, 0) is 16.6 Å². The van der Waals surface area contributed by atoms with Gasteiger partial charge in [0.25, 0.3) is 0 Å². The lowest BCUT2D eigenvalue weighted by Crippen LogP contribution is -2.21. The molecule has 2 rings (SSSR count). The highest BCUT2D eigenvalue weighted by Crippen LogP contribution is 2.20. The first-order chi connectivity index (χ1) is 8.04. The van der Waals surface area contributed by atoms with E-state index in [9.17, 15) is 8.42 Å². The van der Waals surface area contributed by atoms with Crippen molar-refractivity contribution in [2.24, 2.45) is 0 Å². The van der Waals surface area contributed by atoms with Crippen LogP contribution in [0.1, 0.15) is 5.01 Å². The minimum absolute atomic E-state index is 0.231. The van der Waals surface area contributed by atoms with E-state index < -0.39 is 10.0 Å². The Kier molecular flexibility index (Phi) is 3.51. The predicted molar refractivity (Wildman–Crippen MR) is 67.0 cm³/mol. The second-order valence-corrected chi connectivity index (χ2v) is 6.23. The number of rotatable bonds is 4. The van der Waals surface area contributed by atoms with Crippen LogP contribution in [0.25, 0.3) is 11.3 Å². The summed E-state index contributed by atoms with van der Waals surface area (Å²) in [4.78, 5) is 8.28. The average Bonchev–Trinajstić information content (AvgIpc) is 2.75. The summed E-state index contributed by atoms with van der Waals surface area (Å²) in [5.41, 5.74) is 1.81. The third kappa shape index (κ3) is 3.58. The van der Waals surface area contributed by atoms with Crippen molar-refractivity contribution in [2.45, 2.75) is 6.54 Å². The minimum Gasteiger partial charge on any atom is -0.265 e. The van der Waals surface area contributed by atoms with Gasteiger partial charge in [-0.15, -0.1) is 11.3 Å². The number of aromatic nitrogens is 2. The first-order valence-corrected chi connectivity index (χ1v) is 7.61. The molecule has 2 heterocycles. The number of sulfonamides is 1. The van der Waals surface area contributed by atoms with Crippen molar-refractivity contribution >= 4 is 21.4 Å². The number of thiazole rings is 1. The van der Waals surface area contributed by atoms with Gasteiger partial charge in [0.15, 0.2) is 0 Å². The lowest BCUT2D eigenvalue weighted by atomic mass is 10.2. The molecule has 0 atom stereocenters. The SMILES string of the molecule is CS(=O)(=O)NCc1nc(-c2ccncc2)cs1. The minimum atomic E-state index is -3.17. The summed E-state index contributed by atoms with van der Waals surface area (Å²) in [6.07, 6.45) is 4.52. The molecule has 2 aromatic heterocycles. The molecule has 0 fully saturated rings. The van der Waals surface area contributed by atoms with Gasteiger partial charge in [-0.1, -0.05) is 0 Å². The maximum atomic E-state index is 10.9. The molecule has 0 saturated heterocycles. The summed E-state index contributed by atoms with van der Waals surface area (Å²) in [7, 11) is -3.17. The van der Waals surface area contributed by atoms with Crippen molar-refractivity contribution in [3.8, 4) is 11.3 Å². The van der Waals surface area contributed by atoms with Gasteiger partial charge in [0, 0.05) is 23.3 Å². The molecule has 1 N–H and O–H groups in total. The summed E-state index contributed by atoms with van der Waals surface area (Å²) in [5, 5.41) is 2.64. The number of pyridine rings is 1. The molecule has 0 amide bonds. The van der Waals surface area contributed by atoms with Gasteiger partial charge in [-0.05, 0) is 12.1 Å². The molecule has 0 aliphatic carbocycles. The number of hydrogen-bond donors (Lipinski definition) is 1. The van der Waals surface area contributed by atoms with Crippen LogP contribution in [0.5, 0.6) is 0 Å². The highest BCUT2D eigenvalue weighted by atomic mass is 32.2. The molecule has 0 spiro atoms. The maximum absolute atomic E-state index is 10.9. The highest BCUT2D eigenvalue weighted by Gasteiger charge is 2.06. The molecule has 0 aliphatic heterocycles. The van der Waals surface area contributed by atoms with Crippen LogP contribution in [0, 0.1) is 0 Å². The molecule has 17 heavy (non-hydrogen) atoms. The molecular weight excluding hydrogens is 258 g/mol. The quantitative estimate of drug-likeness (QED) is 0.907. The highest BCUT2D eigenvalue weighted by molar-refractivity contribution is 7.88. The van der Waals surface area contributed by atoms with Gasteiger partial charge in [0.1, 0.15) is 5.01 Å². The molecule has 90 valence electrons. The molecule has 0 bridgehead atoms. The molecule has 0 aliphatic rings. The Morgan fingerprint density at radius 1 is 1.35 bits per heavy atom. The van der Waals surface area contributed by atoms with Crippen LogP contribution in [0.4, 0.5) is 0 Å². The zero-order valence-corrected chi connectivity index (χ0v) is 10.8. The third-order valence-electron chi connectivity index (χ3n) is 2.01. The Morgan fingerprint density at radius 2 is 2.06 bits per heavy atom. The van der Waals surface area contributed by atoms with E-state index in [4.69, 9.17) is 0 Å². The standard InChI is InChI=1S/C10H11N3O2S2/c1-17(14,15)12-6-10-13-9(7-16-10)8-2-4-11-5-3-8/h2-5,7,12H,6H2,1H3. The maximum Gasteiger partial charge on any atom is 0.209 e. The number of nitrogens with zero attached hydrogens (tertiary/aromatic N) is 2. The van der Waals surface area contributed by atoms with Gasteiger partial charge in [0.2, 0.25) is 10.0 Å². The fourth-order valence-corrected chi connectivity index (χ4v) is 2.47. The fraction of sp³-hybridized carbons (Fsp3) is 0.200. The van der Waals surface area contributed by atoms with E-state index in [1.54, 1.807) is 12.4 Å². The third-order valence-corrected chi connectivity index (χ3v) is 3.53. The normalized spacial score (nSPS) is 11.6. The van der Waals surface area contributed by atoms with Gasteiger partial charge in [-0.3, -0.25) is 4.98 Å². The van der Waals surface area contributed by atoms with Crippen molar-refractivity contribution < 1.29 is 8.42 Å². The van der Waals surface area contributed by atoms with Gasteiger partial charge in [-0.25, -0.2) is 18.1 Å². The first kappa shape index (κ1) is 12.2. The Morgan fingerprint density at radius 3 is 2.71 bits per heavy atom. The molecule has 0 unspecified atom stereocenters. The zero-order valence-electron chi connectivity index (χ0n) is 9.12. The van der Waals surface area contributed by atoms with E-state index in [0.717, 1.165) is 22.5 Å². The summed E-state index contributed by atoms with van der Waals surface area (Å²) < 4.78 is 24.3. The Labute approximate surface area is 104 Å². The van der Waals surface area contributed by atoms with E-state index in [-0.39, 0.29) is 6.54 Å². The first-order valence-electron chi connectivity index (χ1n) is 4.84. The van der Waals surface area contributed by atoms with Crippen molar-refractivity contribution in [3.63, 3.8) is 0 Å². The van der Waals surface area contributed by atoms with Crippen LogP contribution in [-0.4, -0.2) is 24.6 Å². The summed E-state index contributed by atoms with van der Waals surface area (Å²) in [6.45, 7) is 0.231. The van der Waals surface area contributed by atoms with Crippen molar-refractivity contribution in [3.05, 3.63) is 34.9 Å². The molecule has 0 aromatic carbocycles. The van der Waals surface area contributed by atoms with E-state index in [1.165, 1.54) is 11.3 Å². The van der Waals surface area contributed by atoms with E-state index in [0.29, 0.717) is 0 Å². The number of nitrogens with one attached hydrogen (secondary N) is 1. The summed E-state index contributed by atoms with van der Waals surface area (Å²) >= 11 is 1.43. The summed E-state index contributed by atoms with van der Waals surface area (Å²) in [5.74, 6) is 0. The Bertz CT molecular complexity index is 593. The lowest BCUT2D eigenvalue weighted by molar-refractivity contribution is 0.587. The lowest BCUT2D eigenvalue weighted by Gasteiger charge is -1.97. The topological polar surface area (TPSA) is 72.0 Å². The second-order valence-electron chi connectivity index (χ2n) is 3.46. The van der Waals surface area contributed by atoms with Crippen molar-refractivity contribution in [1.29, 1.82) is 0 Å². The molecular formula is C10H11N3O2S2. The largest absolute Gasteiger partial charge is 0.265 e. The van der Waals surface area contributed by atoms with Gasteiger partial charge in [0.05, 0.1) is 18.5 Å². The van der Waals surface area contributed by atoms with Crippen molar-refractivity contribution in [1.82, 2.24) is 14.7 Å². The average molecular weight is 269 g/mol.